The van der Waals surface area contributed by atoms with Gasteiger partial charge in [-0.1, -0.05) is 31.6 Å². The fraction of sp³-hybridized carbons (Fsp3) is 0.727. The molecule has 1 aromatic heterocycles. The van der Waals surface area contributed by atoms with Crippen molar-refractivity contribution in [3.05, 3.63) is 11.1 Å². The smallest absolute Gasteiger partial charge is 0.185 e. The monoisotopic (exact) mass is 228 g/mol. The maximum Gasteiger partial charge on any atom is 0.185 e. The number of aliphatic hydroxyl groups is 1. The van der Waals surface area contributed by atoms with Crippen molar-refractivity contribution < 1.29 is 5.11 Å². The molecule has 86 valence electrons. The molecule has 0 aliphatic heterocycles. The van der Waals surface area contributed by atoms with E-state index in [2.05, 4.69) is 30.7 Å². The zero-order valence-corrected chi connectivity index (χ0v) is 10.5. The summed E-state index contributed by atoms with van der Waals surface area (Å²) < 4.78 is 0. The summed E-state index contributed by atoms with van der Waals surface area (Å²) in [4.78, 5) is 7.54. The number of hydrogen-bond donors (Lipinski definition) is 1. The van der Waals surface area contributed by atoms with Gasteiger partial charge < -0.3 is 10.0 Å². The predicted octanol–water partition coefficient (Wildman–Crippen LogP) is 2.51. The van der Waals surface area contributed by atoms with Crippen LogP contribution in [0.2, 0.25) is 0 Å². The average molecular weight is 228 g/mol. The summed E-state index contributed by atoms with van der Waals surface area (Å²) in [6.45, 7) is 8.72. The van der Waals surface area contributed by atoms with Crippen molar-refractivity contribution in [3.8, 4) is 0 Å². The maximum absolute atomic E-state index is 8.99. The maximum atomic E-state index is 8.99. The Balaban J connectivity index is 2.65. The Morgan fingerprint density at radius 1 is 1.53 bits per heavy atom. The largest absolute Gasteiger partial charge is 0.391 e. The molecule has 1 unspecified atom stereocenters. The lowest BCUT2D eigenvalue weighted by molar-refractivity contribution is 0.285. The minimum atomic E-state index is 0.0958. The molecule has 1 aromatic rings. The predicted molar refractivity (Wildman–Crippen MR) is 65.4 cm³/mol. The molecule has 0 aliphatic carbocycles. The molecule has 0 radical (unpaired) electrons. The molecule has 15 heavy (non-hydrogen) atoms. The van der Waals surface area contributed by atoms with Gasteiger partial charge in [0, 0.05) is 19.3 Å². The molecule has 0 saturated carbocycles. The van der Waals surface area contributed by atoms with Crippen LogP contribution in [-0.2, 0) is 6.61 Å². The first-order valence-electron chi connectivity index (χ1n) is 5.51. The highest BCUT2D eigenvalue weighted by atomic mass is 32.1. The first-order chi connectivity index (χ1) is 7.21. The van der Waals surface area contributed by atoms with Gasteiger partial charge in [0.1, 0.15) is 0 Å². The van der Waals surface area contributed by atoms with Crippen molar-refractivity contribution in [1.29, 1.82) is 0 Å². The standard InChI is InChI=1S/C11H20N2OS/c1-4-9(3)7-13(5-2)11-12-6-10(8-14)15-11/h6,9,14H,4-5,7-8H2,1-3H3. The van der Waals surface area contributed by atoms with E-state index < -0.39 is 0 Å². The molecule has 0 saturated heterocycles. The Kier molecular flexibility index (Phi) is 5.05. The first-order valence-corrected chi connectivity index (χ1v) is 6.33. The zero-order valence-electron chi connectivity index (χ0n) is 9.73. The summed E-state index contributed by atoms with van der Waals surface area (Å²) in [5.41, 5.74) is 0. The van der Waals surface area contributed by atoms with E-state index in [1.807, 2.05) is 0 Å². The second-order valence-corrected chi connectivity index (χ2v) is 4.91. The summed E-state index contributed by atoms with van der Waals surface area (Å²) in [6.07, 6.45) is 2.95. The van der Waals surface area contributed by atoms with Crippen LogP contribution in [0.5, 0.6) is 0 Å². The topological polar surface area (TPSA) is 36.4 Å². The van der Waals surface area contributed by atoms with Gasteiger partial charge in [0.25, 0.3) is 0 Å². The van der Waals surface area contributed by atoms with E-state index >= 15 is 0 Å². The molecule has 0 aromatic carbocycles. The van der Waals surface area contributed by atoms with Gasteiger partial charge >= 0.3 is 0 Å². The van der Waals surface area contributed by atoms with Gasteiger partial charge in [0.2, 0.25) is 0 Å². The van der Waals surface area contributed by atoms with Gasteiger partial charge in [0.15, 0.2) is 5.13 Å². The minimum absolute atomic E-state index is 0.0958. The fourth-order valence-electron chi connectivity index (χ4n) is 1.36. The Morgan fingerprint density at radius 2 is 2.27 bits per heavy atom. The summed E-state index contributed by atoms with van der Waals surface area (Å²) in [6, 6.07) is 0. The van der Waals surface area contributed by atoms with Crippen molar-refractivity contribution in [1.82, 2.24) is 4.98 Å². The zero-order chi connectivity index (χ0) is 11.3. The second-order valence-electron chi connectivity index (χ2n) is 3.82. The molecule has 0 fully saturated rings. The van der Waals surface area contributed by atoms with Crippen LogP contribution < -0.4 is 4.90 Å². The van der Waals surface area contributed by atoms with Crippen molar-refractivity contribution in [2.75, 3.05) is 18.0 Å². The lowest BCUT2D eigenvalue weighted by Crippen LogP contribution is -2.27. The normalized spacial score (nSPS) is 12.8. The average Bonchev–Trinajstić information content (AvgIpc) is 2.73. The third-order valence-electron chi connectivity index (χ3n) is 2.58. The Labute approximate surface area is 95.8 Å². The number of rotatable bonds is 6. The van der Waals surface area contributed by atoms with E-state index in [0.717, 1.165) is 23.1 Å². The highest BCUT2D eigenvalue weighted by Crippen LogP contribution is 2.23. The number of aliphatic hydroxyl groups excluding tert-OH is 1. The Bertz CT molecular complexity index is 288. The first kappa shape index (κ1) is 12.5. The van der Waals surface area contributed by atoms with Crippen LogP contribution in [0, 0.1) is 5.92 Å². The van der Waals surface area contributed by atoms with Crippen molar-refractivity contribution in [2.45, 2.75) is 33.8 Å². The highest BCUT2D eigenvalue weighted by molar-refractivity contribution is 7.15. The molecule has 0 spiro atoms. The van der Waals surface area contributed by atoms with E-state index in [1.54, 1.807) is 17.5 Å². The van der Waals surface area contributed by atoms with Gasteiger partial charge in [0.05, 0.1) is 11.5 Å². The van der Waals surface area contributed by atoms with Crippen LogP contribution >= 0.6 is 11.3 Å². The number of nitrogens with zero attached hydrogens (tertiary/aromatic N) is 2. The lowest BCUT2D eigenvalue weighted by Gasteiger charge is -2.23. The molecule has 4 heteroatoms. The van der Waals surface area contributed by atoms with Gasteiger partial charge in [-0.15, -0.1) is 0 Å². The van der Waals surface area contributed by atoms with Crippen LogP contribution in [0.3, 0.4) is 0 Å². The fourth-order valence-corrected chi connectivity index (χ4v) is 2.21. The number of thiazole rings is 1. The summed E-state index contributed by atoms with van der Waals surface area (Å²) in [5.74, 6) is 0.687. The van der Waals surface area contributed by atoms with Crippen LogP contribution in [0.1, 0.15) is 32.1 Å². The molecule has 3 nitrogen and oxygen atoms in total. The van der Waals surface area contributed by atoms with E-state index in [-0.39, 0.29) is 6.61 Å². The summed E-state index contributed by atoms with van der Waals surface area (Å²) in [5, 5.41) is 10.0. The van der Waals surface area contributed by atoms with Gasteiger partial charge in [-0.3, -0.25) is 0 Å². The van der Waals surface area contributed by atoms with Crippen molar-refractivity contribution >= 4 is 16.5 Å². The van der Waals surface area contributed by atoms with Crippen molar-refractivity contribution in [3.63, 3.8) is 0 Å². The molecule has 1 heterocycles. The van der Waals surface area contributed by atoms with Gasteiger partial charge in [-0.2, -0.15) is 0 Å². The van der Waals surface area contributed by atoms with Crippen LogP contribution in [-0.4, -0.2) is 23.2 Å². The quantitative estimate of drug-likeness (QED) is 0.812. The minimum Gasteiger partial charge on any atom is -0.391 e. The molecule has 1 rings (SSSR count). The number of hydrogen-bond acceptors (Lipinski definition) is 4. The molecular weight excluding hydrogens is 208 g/mol. The number of aromatic nitrogens is 1. The highest BCUT2D eigenvalue weighted by Gasteiger charge is 2.11. The number of anilines is 1. The Morgan fingerprint density at radius 3 is 2.73 bits per heavy atom. The van der Waals surface area contributed by atoms with Gasteiger partial charge in [-0.25, -0.2) is 4.98 Å². The van der Waals surface area contributed by atoms with Gasteiger partial charge in [-0.05, 0) is 12.8 Å². The molecule has 1 atom stereocenters. The molecule has 0 bridgehead atoms. The molecular formula is C11H20N2OS. The summed E-state index contributed by atoms with van der Waals surface area (Å²) in [7, 11) is 0. The molecule has 0 aliphatic rings. The van der Waals surface area contributed by atoms with E-state index in [9.17, 15) is 0 Å². The third kappa shape index (κ3) is 3.47. The van der Waals surface area contributed by atoms with Crippen LogP contribution in [0.4, 0.5) is 5.13 Å². The second kappa shape index (κ2) is 6.08. The molecule has 0 amide bonds. The van der Waals surface area contributed by atoms with E-state index in [0.29, 0.717) is 5.92 Å². The third-order valence-corrected chi connectivity index (χ3v) is 3.62. The summed E-state index contributed by atoms with van der Waals surface area (Å²) >= 11 is 1.58. The SMILES string of the molecule is CCC(C)CN(CC)c1ncc(CO)s1. The van der Waals surface area contributed by atoms with E-state index in [4.69, 9.17) is 5.11 Å². The Hall–Kier alpha value is -0.610. The van der Waals surface area contributed by atoms with Crippen LogP contribution in [0.25, 0.3) is 0 Å². The lowest BCUT2D eigenvalue weighted by atomic mass is 10.1. The van der Waals surface area contributed by atoms with Crippen LogP contribution in [0.15, 0.2) is 6.20 Å². The van der Waals surface area contributed by atoms with E-state index in [1.165, 1.54) is 6.42 Å². The van der Waals surface area contributed by atoms with Crippen molar-refractivity contribution in [2.24, 2.45) is 5.92 Å². The molecule has 1 N–H and O–H groups in total.